The molecule has 0 spiro atoms. The van der Waals surface area contributed by atoms with Crippen molar-refractivity contribution in [3.63, 3.8) is 0 Å². The van der Waals surface area contributed by atoms with Gasteiger partial charge >= 0.3 is 6.09 Å². The standard InChI is InChI=1S/C28H33F2N5O5S/c1-15-11-17(12-16(2)35(15)26(36)39-27(3,4)5)19-13-18(41(37,38)34-28(6)9-10-28)14-20-23(33-40-24(19)20)21-7-8-22(25(29)30)32-31-21/h7-8,11,13-16,25,34H,9-10,12H2,1-6H3. The molecular weight excluding hydrogens is 556 g/mol. The van der Waals surface area contributed by atoms with Crippen molar-refractivity contribution >= 4 is 32.7 Å². The molecule has 1 aromatic carbocycles. The number of alkyl halides is 2. The molecule has 2 aromatic heterocycles. The van der Waals surface area contributed by atoms with Crippen LogP contribution in [0.2, 0.25) is 0 Å². The van der Waals surface area contributed by atoms with E-state index in [1.54, 1.807) is 31.7 Å². The summed E-state index contributed by atoms with van der Waals surface area (Å²) in [6, 6.07) is 4.85. The minimum absolute atomic E-state index is 0.00510. The summed E-state index contributed by atoms with van der Waals surface area (Å²) in [5.41, 5.74) is 0.262. The van der Waals surface area contributed by atoms with Crippen molar-refractivity contribution in [3.8, 4) is 11.4 Å². The Hall–Kier alpha value is -3.45. The van der Waals surface area contributed by atoms with Crippen LogP contribution in [0.25, 0.3) is 27.9 Å². The molecule has 10 nitrogen and oxygen atoms in total. The molecule has 2 atom stereocenters. The highest BCUT2D eigenvalue weighted by Gasteiger charge is 2.42. The number of nitrogens with one attached hydrogen (secondary N) is 1. The van der Waals surface area contributed by atoms with Crippen molar-refractivity contribution in [2.24, 2.45) is 0 Å². The number of sulfonamides is 1. The maximum Gasteiger partial charge on any atom is 0.411 e. The highest BCUT2D eigenvalue weighted by Crippen LogP contribution is 2.40. The van der Waals surface area contributed by atoms with Crippen molar-refractivity contribution in [2.75, 3.05) is 0 Å². The second kappa shape index (κ2) is 10.1. The Morgan fingerprint density at radius 1 is 1.20 bits per heavy atom. The van der Waals surface area contributed by atoms with Crippen LogP contribution in [0.1, 0.15) is 78.5 Å². The van der Waals surface area contributed by atoms with Gasteiger partial charge in [-0.15, -0.1) is 10.2 Å². The highest BCUT2D eigenvalue weighted by molar-refractivity contribution is 7.89. The SMILES string of the molecule is CC1C=C(c2cc(S(=O)(=O)NC3(C)CC3)cc3c(-c4ccc(C(F)F)nn4)noc23)CC(C)N1C(=O)OC(C)(C)C. The minimum atomic E-state index is -3.94. The van der Waals surface area contributed by atoms with Crippen molar-refractivity contribution in [2.45, 2.75) is 95.3 Å². The first-order valence-electron chi connectivity index (χ1n) is 13.4. The normalized spacial score (nSPS) is 20.8. The van der Waals surface area contributed by atoms with E-state index in [0.29, 0.717) is 23.0 Å². The molecule has 41 heavy (non-hydrogen) atoms. The van der Waals surface area contributed by atoms with Gasteiger partial charge in [0.15, 0.2) is 5.58 Å². The predicted molar refractivity (Wildman–Crippen MR) is 148 cm³/mol. The number of hydrogen-bond donors (Lipinski definition) is 1. The van der Waals surface area contributed by atoms with Crippen LogP contribution in [0.4, 0.5) is 13.6 Å². The Kier molecular flexibility index (Phi) is 7.17. The van der Waals surface area contributed by atoms with Gasteiger partial charge in [0.1, 0.15) is 22.7 Å². The lowest BCUT2D eigenvalue weighted by molar-refractivity contribution is 0.0122. The van der Waals surface area contributed by atoms with Gasteiger partial charge in [0.05, 0.1) is 16.3 Å². The molecule has 1 N–H and O–H groups in total. The van der Waals surface area contributed by atoms with Gasteiger partial charge in [-0.25, -0.2) is 26.7 Å². The van der Waals surface area contributed by atoms with Crippen LogP contribution in [0.15, 0.2) is 39.8 Å². The summed E-state index contributed by atoms with van der Waals surface area (Å²) in [6.45, 7) is 11.0. The van der Waals surface area contributed by atoms with Gasteiger partial charge < -0.3 is 9.26 Å². The van der Waals surface area contributed by atoms with Crippen LogP contribution in [0.5, 0.6) is 0 Å². The average Bonchev–Trinajstić information content (AvgIpc) is 3.41. The van der Waals surface area contributed by atoms with Crippen molar-refractivity contribution in [1.82, 2.24) is 25.0 Å². The molecule has 2 unspecified atom stereocenters. The summed E-state index contributed by atoms with van der Waals surface area (Å²) in [5.74, 6) is 0. The second-order valence-electron chi connectivity index (χ2n) is 12.1. The van der Waals surface area contributed by atoms with Crippen LogP contribution >= 0.6 is 0 Å². The first-order valence-corrected chi connectivity index (χ1v) is 14.9. The molecule has 13 heteroatoms. The smallest absolute Gasteiger partial charge is 0.411 e. The largest absolute Gasteiger partial charge is 0.444 e. The molecule has 0 bridgehead atoms. The van der Waals surface area contributed by atoms with Gasteiger partial charge in [-0.2, -0.15) is 0 Å². The maximum atomic E-state index is 13.5. The molecular formula is C28H33F2N5O5S. The Morgan fingerprint density at radius 3 is 2.46 bits per heavy atom. The zero-order valence-corrected chi connectivity index (χ0v) is 24.6. The van der Waals surface area contributed by atoms with E-state index in [9.17, 15) is 22.0 Å². The number of hydrogen-bond acceptors (Lipinski definition) is 8. The van der Waals surface area contributed by atoms with Crippen LogP contribution < -0.4 is 4.72 Å². The summed E-state index contributed by atoms with van der Waals surface area (Å²) in [6.07, 6.45) is 0.505. The molecule has 1 amide bonds. The number of benzene rings is 1. The lowest BCUT2D eigenvalue weighted by atomic mass is 9.91. The van der Waals surface area contributed by atoms with E-state index in [0.717, 1.165) is 24.5 Å². The molecule has 1 aliphatic heterocycles. The Labute approximate surface area is 237 Å². The van der Waals surface area contributed by atoms with Crippen LogP contribution in [0.3, 0.4) is 0 Å². The number of fused-ring (bicyclic) bond motifs is 1. The fourth-order valence-electron chi connectivity index (χ4n) is 4.97. The number of amides is 1. The quantitative estimate of drug-likeness (QED) is 0.379. The Balaban J connectivity index is 1.62. The number of carbonyl (C=O) groups is 1. The van der Waals surface area contributed by atoms with E-state index in [4.69, 9.17) is 9.26 Å². The molecule has 1 fully saturated rings. The molecule has 0 radical (unpaired) electrons. The highest BCUT2D eigenvalue weighted by atomic mass is 32.2. The second-order valence-corrected chi connectivity index (χ2v) is 13.7. The van der Waals surface area contributed by atoms with E-state index in [1.807, 2.05) is 26.8 Å². The number of rotatable bonds is 6. The topological polar surface area (TPSA) is 128 Å². The number of halogens is 2. The van der Waals surface area contributed by atoms with E-state index < -0.39 is 39.4 Å². The van der Waals surface area contributed by atoms with Crippen molar-refractivity contribution in [1.29, 1.82) is 0 Å². The predicted octanol–water partition coefficient (Wildman–Crippen LogP) is 5.85. The molecule has 3 aromatic rings. The maximum absolute atomic E-state index is 13.5. The molecule has 0 saturated heterocycles. The summed E-state index contributed by atoms with van der Waals surface area (Å²) in [4.78, 5) is 14.6. The van der Waals surface area contributed by atoms with Crippen LogP contribution in [0, 0.1) is 0 Å². The van der Waals surface area contributed by atoms with Gasteiger partial charge in [0.2, 0.25) is 10.0 Å². The number of carbonyl (C=O) groups excluding carboxylic acids is 1. The third kappa shape index (κ3) is 5.96. The third-order valence-corrected chi connectivity index (χ3v) is 8.83. The lowest BCUT2D eigenvalue weighted by Crippen LogP contribution is -2.48. The monoisotopic (exact) mass is 589 g/mol. The third-order valence-electron chi connectivity index (χ3n) is 7.21. The molecule has 5 rings (SSSR count). The molecule has 2 aliphatic rings. The van der Waals surface area contributed by atoms with Gasteiger partial charge in [0.25, 0.3) is 6.43 Å². The molecule has 1 aliphatic carbocycles. The van der Waals surface area contributed by atoms with Crippen molar-refractivity contribution < 1.29 is 31.3 Å². The number of nitrogens with zero attached hydrogens (tertiary/aromatic N) is 4. The fraction of sp³-hybridized carbons (Fsp3) is 0.500. The number of ether oxygens (including phenoxy) is 1. The number of aromatic nitrogens is 3. The zero-order chi connectivity index (χ0) is 29.9. The average molecular weight is 590 g/mol. The fourth-order valence-corrected chi connectivity index (χ4v) is 6.49. The van der Waals surface area contributed by atoms with Crippen LogP contribution in [-0.2, 0) is 14.8 Å². The summed E-state index contributed by atoms with van der Waals surface area (Å²) < 4.78 is 67.2. The first-order chi connectivity index (χ1) is 19.1. The zero-order valence-electron chi connectivity index (χ0n) is 23.7. The minimum Gasteiger partial charge on any atom is -0.444 e. The molecule has 3 heterocycles. The lowest BCUT2D eigenvalue weighted by Gasteiger charge is -2.38. The van der Waals surface area contributed by atoms with Crippen LogP contribution in [-0.4, -0.2) is 58.0 Å². The van der Waals surface area contributed by atoms with Gasteiger partial charge in [0, 0.05) is 17.1 Å². The van der Waals surface area contributed by atoms with E-state index in [2.05, 4.69) is 20.1 Å². The Morgan fingerprint density at radius 2 is 1.90 bits per heavy atom. The molecule has 1 saturated carbocycles. The van der Waals surface area contributed by atoms with Gasteiger partial charge in [-0.1, -0.05) is 11.2 Å². The molecule has 220 valence electrons. The summed E-state index contributed by atoms with van der Waals surface area (Å²) in [7, 11) is -3.94. The summed E-state index contributed by atoms with van der Waals surface area (Å²) >= 11 is 0. The van der Waals surface area contributed by atoms with Gasteiger partial charge in [-0.3, -0.25) is 4.90 Å². The van der Waals surface area contributed by atoms with E-state index in [-0.39, 0.29) is 28.4 Å². The summed E-state index contributed by atoms with van der Waals surface area (Å²) in [5, 5.41) is 11.9. The van der Waals surface area contributed by atoms with Gasteiger partial charge in [-0.05, 0) is 90.6 Å². The van der Waals surface area contributed by atoms with E-state index in [1.165, 1.54) is 12.1 Å². The first kappa shape index (κ1) is 29.1. The van der Waals surface area contributed by atoms with E-state index >= 15 is 0 Å². The Bertz CT molecular complexity index is 1630. The van der Waals surface area contributed by atoms with Crippen molar-refractivity contribution in [3.05, 3.63) is 41.6 Å².